The number of nitrogens with zero attached hydrogens (tertiary/aromatic N) is 4. The number of piperidine rings is 1. The summed E-state index contributed by atoms with van der Waals surface area (Å²) in [6.07, 6.45) is 8.47. The lowest BCUT2D eigenvalue weighted by Crippen LogP contribution is -2.31. The van der Waals surface area contributed by atoms with Crippen LogP contribution in [0, 0.1) is 0 Å². The van der Waals surface area contributed by atoms with E-state index in [4.69, 9.17) is 14.5 Å². The third kappa shape index (κ3) is 3.63. The van der Waals surface area contributed by atoms with Gasteiger partial charge in [0.25, 0.3) is 5.91 Å². The third-order valence-electron chi connectivity index (χ3n) is 5.24. The maximum atomic E-state index is 13.1. The van der Waals surface area contributed by atoms with Gasteiger partial charge in [-0.05, 0) is 43.5 Å². The lowest BCUT2D eigenvalue weighted by molar-refractivity contribution is 0.102. The number of nitrogens with one attached hydrogen (secondary N) is 1. The highest BCUT2D eigenvalue weighted by molar-refractivity contribution is 6.08. The number of benzene rings is 1. The standard InChI is InChI=1S/C22H21N5O3/c28-21(25-16-4-5-18-19(12-16)30-14-29-18)17-13-24-22(27-10-2-1-3-11-27)26-20(17)15-6-8-23-9-7-15/h4-9,12-13H,1-3,10-11,14H2,(H,25,28). The number of anilines is 2. The first-order valence-corrected chi connectivity index (χ1v) is 10.0. The second-order valence-corrected chi connectivity index (χ2v) is 7.24. The van der Waals surface area contributed by atoms with Crippen molar-refractivity contribution in [3.05, 3.63) is 54.5 Å². The first-order chi connectivity index (χ1) is 14.8. The summed E-state index contributed by atoms with van der Waals surface area (Å²) < 4.78 is 10.7. The minimum absolute atomic E-state index is 0.185. The van der Waals surface area contributed by atoms with Gasteiger partial charge in [-0.15, -0.1) is 0 Å². The summed E-state index contributed by atoms with van der Waals surface area (Å²) >= 11 is 0. The van der Waals surface area contributed by atoms with Gasteiger partial charge in [0.05, 0.1) is 11.3 Å². The van der Waals surface area contributed by atoms with Crippen molar-refractivity contribution in [1.29, 1.82) is 0 Å². The minimum atomic E-state index is -0.286. The van der Waals surface area contributed by atoms with Crippen LogP contribution >= 0.6 is 0 Å². The van der Waals surface area contributed by atoms with E-state index in [1.165, 1.54) is 6.42 Å². The van der Waals surface area contributed by atoms with Crippen LogP contribution in [0.2, 0.25) is 0 Å². The molecule has 0 atom stereocenters. The summed E-state index contributed by atoms with van der Waals surface area (Å²) in [6.45, 7) is 2.04. The number of hydrogen-bond acceptors (Lipinski definition) is 7. The Hall–Kier alpha value is -3.68. The Bertz CT molecular complexity index is 1070. The first-order valence-electron chi connectivity index (χ1n) is 10.0. The summed E-state index contributed by atoms with van der Waals surface area (Å²) in [7, 11) is 0. The van der Waals surface area contributed by atoms with E-state index in [-0.39, 0.29) is 12.7 Å². The van der Waals surface area contributed by atoms with Crippen molar-refractivity contribution in [2.45, 2.75) is 19.3 Å². The number of aromatic nitrogens is 3. The molecule has 5 rings (SSSR count). The molecule has 2 aliphatic rings. The molecule has 152 valence electrons. The Morgan fingerprint density at radius 2 is 1.80 bits per heavy atom. The Balaban J connectivity index is 1.47. The van der Waals surface area contributed by atoms with Crippen LogP contribution in [0.4, 0.5) is 11.6 Å². The normalized spacial score (nSPS) is 15.1. The van der Waals surface area contributed by atoms with Gasteiger partial charge < -0.3 is 19.7 Å². The molecule has 1 amide bonds. The Morgan fingerprint density at radius 1 is 1.00 bits per heavy atom. The van der Waals surface area contributed by atoms with Crippen molar-refractivity contribution in [3.8, 4) is 22.8 Å². The van der Waals surface area contributed by atoms with Crippen molar-refractivity contribution in [2.75, 3.05) is 30.1 Å². The number of carbonyl (C=O) groups excluding carboxylic acids is 1. The predicted octanol–water partition coefficient (Wildman–Crippen LogP) is 3.51. The number of fused-ring (bicyclic) bond motifs is 1. The number of ether oxygens (including phenoxy) is 2. The van der Waals surface area contributed by atoms with E-state index in [1.54, 1.807) is 36.8 Å². The zero-order chi connectivity index (χ0) is 20.3. The smallest absolute Gasteiger partial charge is 0.259 e. The highest BCUT2D eigenvalue weighted by Gasteiger charge is 2.21. The highest BCUT2D eigenvalue weighted by Crippen LogP contribution is 2.34. The molecule has 0 aliphatic carbocycles. The van der Waals surface area contributed by atoms with Gasteiger partial charge >= 0.3 is 0 Å². The molecule has 4 heterocycles. The van der Waals surface area contributed by atoms with Gasteiger partial charge in [0.15, 0.2) is 11.5 Å². The fourth-order valence-electron chi connectivity index (χ4n) is 3.69. The van der Waals surface area contributed by atoms with Crippen LogP contribution in [0.3, 0.4) is 0 Å². The first kappa shape index (κ1) is 18.4. The molecular formula is C22H21N5O3. The van der Waals surface area contributed by atoms with Crippen LogP contribution in [0.1, 0.15) is 29.6 Å². The molecule has 1 N–H and O–H groups in total. The average Bonchev–Trinajstić information content (AvgIpc) is 3.28. The maximum absolute atomic E-state index is 13.1. The zero-order valence-corrected chi connectivity index (χ0v) is 16.4. The summed E-state index contributed by atoms with van der Waals surface area (Å²) in [5.41, 5.74) is 2.43. The van der Waals surface area contributed by atoms with Crippen molar-refractivity contribution >= 4 is 17.5 Å². The molecule has 1 fully saturated rings. The fraction of sp³-hybridized carbons (Fsp3) is 0.273. The van der Waals surface area contributed by atoms with Gasteiger partial charge in [-0.3, -0.25) is 9.78 Å². The minimum Gasteiger partial charge on any atom is -0.454 e. The zero-order valence-electron chi connectivity index (χ0n) is 16.4. The van der Waals surface area contributed by atoms with Crippen LogP contribution in [0.5, 0.6) is 11.5 Å². The SMILES string of the molecule is O=C(Nc1ccc2c(c1)OCO2)c1cnc(N2CCCCC2)nc1-c1ccncc1. The van der Waals surface area contributed by atoms with Crippen molar-refractivity contribution in [3.63, 3.8) is 0 Å². The Morgan fingerprint density at radius 3 is 2.63 bits per heavy atom. The molecule has 3 aromatic rings. The number of rotatable bonds is 4. The average molecular weight is 403 g/mol. The fourth-order valence-corrected chi connectivity index (χ4v) is 3.69. The van der Waals surface area contributed by atoms with Gasteiger partial charge in [-0.25, -0.2) is 9.97 Å². The molecule has 1 saturated heterocycles. The molecule has 2 aliphatic heterocycles. The summed E-state index contributed by atoms with van der Waals surface area (Å²) in [5, 5.41) is 2.91. The van der Waals surface area contributed by atoms with Gasteiger partial charge in [0, 0.05) is 49.0 Å². The summed E-state index contributed by atoms with van der Waals surface area (Å²) in [6, 6.07) is 8.99. The van der Waals surface area contributed by atoms with Gasteiger partial charge in [0.1, 0.15) is 0 Å². The van der Waals surface area contributed by atoms with E-state index in [1.807, 2.05) is 12.1 Å². The number of pyridine rings is 1. The van der Waals surface area contributed by atoms with Gasteiger partial charge in [-0.2, -0.15) is 0 Å². The Labute approximate surface area is 173 Å². The van der Waals surface area contributed by atoms with Crippen LogP contribution in [-0.4, -0.2) is 40.7 Å². The lowest BCUT2D eigenvalue weighted by atomic mass is 10.1. The molecule has 8 nitrogen and oxygen atoms in total. The molecule has 8 heteroatoms. The third-order valence-corrected chi connectivity index (χ3v) is 5.24. The molecular weight excluding hydrogens is 382 g/mol. The maximum Gasteiger partial charge on any atom is 0.259 e. The second-order valence-electron chi connectivity index (χ2n) is 7.24. The molecule has 2 aromatic heterocycles. The summed E-state index contributed by atoms with van der Waals surface area (Å²) in [5.74, 6) is 1.64. The largest absolute Gasteiger partial charge is 0.454 e. The van der Waals surface area contributed by atoms with Crippen LogP contribution in [0.25, 0.3) is 11.3 Å². The number of hydrogen-bond donors (Lipinski definition) is 1. The molecule has 0 saturated carbocycles. The van der Waals surface area contributed by atoms with E-state index in [2.05, 4.69) is 20.2 Å². The molecule has 0 spiro atoms. The lowest BCUT2D eigenvalue weighted by Gasteiger charge is -2.27. The molecule has 30 heavy (non-hydrogen) atoms. The van der Waals surface area contributed by atoms with Crippen molar-refractivity contribution < 1.29 is 14.3 Å². The van der Waals surface area contributed by atoms with E-state index in [0.29, 0.717) is 34.4 Å². The van der Waals surface area contributed by atoms with Gasteiger partial charge in [-0.1, -0.05) is 0 Å². The predicted molar refractivity (Wildman–Crippen MR) is 112 cm³/mol. The monoisotopic (exact) mass is 403 g/mol. The highest BCUT2D eigenvalue weighted by atomic mass is 16.7. The van der Waals surface area contributed by atoms with Crippen molar-refractivity contribution in [1.82, 2.24) is 15.0 Å². The molecule has 0 unspecified atom stereocenters. The van der Waals surface area contributed by atoms with Gasteiger partial charge in [0.2, 0.25) is 12.7 Å². The number of amides is 1. The quantitative estimate of drug-likeness (QED) is 0.713. The topological polar surface area (TPSA) is 89.5 Å². The van der Waals surface area contributed by atoms with E-state index in [0.717, 1.165) is 31.5 Å². The van der Waals surface area contributed by atoms with Crippen LogP contribution < -0.4 is 19.7 Å². The summed E-state index contributed by atoms with van der Waals surface area (Å²) in [4.78, 5) is 28.6. The molecule has 1 aromatic carbocycles. The van der Waals surface area contributed by atoms with Crippen LogP contribution in [-0.2, 0) is 0 Å². The van der Waals surface area contributed by atoms with E-state index >= 15 is 0 Å². The van der Waals surface area contributed by atoms with E-state index in [9.17, 15) is 4.79 Å². The molecule has 0 radical (unpaired) electrons. The van der Waals surface area contributed by atoms with Crippen LogP contribution in [0.15, 0.2) is 48.9 Å². The molecule has 0 bridgehead atoms. The van der Waals surface area contributed by atoms with Crippen molar-refractivity contribution in [2.24, 2.45) is 0 Å². The Kier molecular flexibility index (Phi) is 4.88. The second kappa shape index (κ2) is 7.98. The van der Waals surface area contributed by atoms with E-state index < -0.39 is 0 Å². The number of carbonyl (C=O) groups is 1.